The molecule has 1 aliphatic heterocycles. The molecule has 0 aromatic rings. The van der Waals surface area contributed by atoms with Gasteiger partial charge in [0.25, 0.3) is 0 Å². The minimum atomic E-state index is -0.392. The summed E-state index contributed by atoms with van der Waals surface area (Å²) in [6.07, 6.45) is 11.2. The molecular formula is C23H34O4. The van der Waals surface area contributed by atoms with Crippen LogP contribution in [-0.2, 0) is 9.47 Å². The van der Waals surface area contributed by atoms with Crippen LogP contribution in [0.15, 0.2) is 23.3 Å². The normalized spacial score (nSPS) is 49.6. The molecule has 5 rings (SSSR count). The van der Waals surface area contributed by atoms with E-state index < -0.39 is 5.79 Å². The Labute approximate surface area is 162 Å². The molecule has 0 unspecified atom stereocenters. The van der Waals surface area contributed by atoms with E-state index in [2.05, 4.69) is 19.9 Å². The Hall–Kier alpha value is -0.680. The van der Waals surface area contributed by atoms with Crippen molar-refractivity contribution in [2.45, 2.75) is 70.7 Å². The second-order valence-corrected chi connectivity index (χ2v) is 10.1. The van der Waals surface area contributed by atoms with Crippen molar-refractivity contribution in [3.8, 4) is 0 Å². The Morgan fingerprint density at radius 1 is 1.19 bits per heavy atom. The third-order valence-electron chi connectivity index (χ3n) is 9.04. The first-order chi connectivity index (χ1) is 12.9. The second-order valence-electron chi connectivity index (χ2n) is 10.1. The van der Waals surface area contributed by atoms with Crippen LogP contribution in [0.4, 0.5) is 0 Å². The van der Waals surface area contributed by atoms with Gasteiger partial charge in [-0.3, -0.25) is 0 Å². The summed E-state index contributed by atoms with van der Waals surface area (Å²) in [5.74, 6) is 1.10. The number of fused-ring (bicyclic) bond motifs is 5. The smallest absolute Gasteiger partial charge is 0.172 e. The molecule has 2 N–H and O–H groups in total. The third kappa shape index (κ3) is 2.49. The van der Waals surface area contributed by atoms with Gasteiger partial charge in [0.1, 0.15) is 0 Å². The van der Waals surface area contributed by atoms with Crippen molar-refractivity contribution >= 4 is 0 Å². The van der Waals surface area contributed by atoms with Crippen LogP contribution < -0.4 is 0 Å². The van der Waals surface area contributed by atoms with Crippen LogP contribution in [0.2, 0.25) is 0 Å². The lowest BCUT2D eigenvalue weighted by atomic mass is 9.46. The summed E-state index contributed by atoms with van der Waals surface area (Å²) in [6.45, 7) is 6.26. The second kappa shape index (κ2) is 6.16. The fourth-order valence-corrected chi connectivity index (χ4v) is 7.77. The quantitative estimate of drug-likeness (QED) is 0.689. The van der Waals surface area contributed by atoms with Gasteiger partial charge in [-0.2, -0.15) is 0 Å². The van der Waals surface area contributed by atoms with Gasteiger partial charge >= 0.3 is 0 Å². The van der Waals surface area contributed by atoms with E-state index in [1.165, 1.54) is 17.6 Å². The van der Waals surface area contributed by atoms with Crippen LogP contribution in [0.25, 0.3) is 0 Å². The van der Waals surface area contributed by atoms with E-state index in [0.29, 0.717) is 31.0 Å². The van der Waals surface area contributed by atoms with Crippen LogP contribution in [0.3, 0.4) is 0 Å². The van der Waals surface area contributed by atoms with Gasteiger partial charge in [0.15, 0.2) is 5.79 Å². The number of ether oxygens (including phenoxy) is 2. The van der Waals surface area contributed by atoms with Crippen molar-refractivity contribution in [3.05, 3.63) is 23.3 Å². The predicted octanol–water partition coefficient (Wildman–Crippen LogP) is 3.58. The van der Waals surface area contributed by atoms with Gasteiger partial charge in [-0.15, -0.1) is 0 Å². The van der Waals surface area contributed by atoms with Crippen LogP contribution in [-0.4, -0.2) is 41.9 Å². The van der Waals surface area contributed by atoms with Gasteiger partial charge in [-0.05, 0) is 60.7 Å². The minimum Gasteiger partial charge on any atom is -0.393 e. The molecule has 5 aliphatic rings. The lowest BCUT2D eigenvalue weighted by Crippen LogP contribution is -2.56. The lowest BCUT2D eigenvalue weighted by Gasteiger charge is -2.60. The van der Waals surface area contributed by atoms with Crippen molar-refractivity contribution in [3.63, 3.8) is 0 Å². The highest BCUT2D eigenvalue weighted by molar-refractivity contribution is 5.31. The summed E-state index contributed by atoms with van der Waals surface area (Å²) in [4.78, 5) is 0. The van der Waals surface area contributed by atoms with Gasteiger partial charge in [0.2, 0.25) is 0 Å². The molecule has 150 valence electrons. The summed E-state index contributed by atoms with van der Waals surface area (Å²) in [5.41, 5.74) is 2.96. The van der Waals surface area contributed by atoms with Crippen molar-refractivity contribution in [1.82, 2.24) is 0 Å². The molecule has 6 atom stereocenters. The summed E-state index contributed by atoms with van der Waals surface area (Å²) in [6, 6.07) is 0. The standard InChI is InChI=1S/C23H34O4/c1-21-8-9-23(26-11-12-27-23)13-16(21)3-5-17-18-6-4-15(7-10-24)22(18,2)14-19(25)20(17)21/h3,7,17-20,24-25H,4-6,8-14H2,1-2H3/b15-7-/t17-,18-,19-,20+,21-,22+/m0/s1. The van der Waals surface area contributed by atoms with Gasteiger partial charge in [0.05, 0.1) is 25.9 Å². The number of allylic oxidation sites excluding steroid dienone is 2. The van der Waals surface area contributed by atoms with Gasteiger partial charge in [-0.25, -0.2) is 0 Å². The molecule has 0 aromatic heterocycles. The van der Waals surface area contributed by atoms with Crippen LogP contribution in [0.5, 0.6) is 0 Å². The van der Waals surface area contributed by atoms with Gasteiger partial charge < -0.3 is 19.7 Å². The van der Waals surface area contributed by atoms with Crippen LogP contribution >= 0.6 is 0 Å². The number of hydrogen-bond acceptors (Lipinski definition) is 4. The molecule has 4 heteroatoms. The van der Waals surface area contributed by atoms with Crippen LogP contribution in [0.1, 0.15) is 58.8 Å². The zero-order valence-electron chi connectivity index (χ0n) is 16.7. The third-order valence-corrected chi connectivity index (χ3v) is 9.04. The van der Waals surface area contributed by atoms with E-state index in [9.17, 15) is 10.2 Å². The maximum atomic E-state index is 11.4. The number of aliphatic hydroxyl groups excluding tert-OH is 2. The average Bonchev–Trinajstić information content (AvgIpc) is 3.21. The fraction of sp³-hybridized carbons (Fsp3) is 0.826. The van der Waals surface area contributed by atoms with Crippen molar-refractivity contribution in [2.24, 2.45) is 28.6 Å². The number of aliphatic hydroxyl groups is 2. The number of hydrogen-bond donors (Lipinski definition) is 2. The Balaban J connectivity index is 1.49. The molecule has 1 spiro atoms. The van der Waals surface area contributed by atoms with Gasteiger partial charge in [0, 0.05) is 12.8 Å². The predicted molar refractivity (Wildman–Crippen MR) is 103 cm³/mol. The van der Waals surface area contributed by atoms with Crippen molar-refractivity contribution in [2.75, 3.05) is 19.8 Å². The van der Waals surface area contributed by atoms with Crippen molar-refractivity contribution in [1.29, 1.82) is 0 Å². The average molecular weight is 375 g/mol. The summed E-state index contributed by atoms with van der Waals surface area (Å²) in [5, 5.41) is 20.8. The highest BCUT2D eigenvalue weighted by Crippen LogP contribution is 2.66. The first-order valence-corrected chi connectivity index (χ1v) is 10.9. The Kier molecular flexibility index (Phi) is 4.19. The molecule has 4 fully saturated rings. The Bertz CT molecular complexity index is 676. The summed E-state index contributed by atoms with van der Waals surface area (Å²) < 4.78 is 12.0. The molecule has 27 heavy (non-hydrogen) atoms. The van der Waals surface area contributed by atoms with E-state index in [1.54, 1.807) is 0 Å². The lowest BCUT2D eigenvalue weighted by molar-refractivity contribution is -0.191. The molecular weight excluding hydrogens is 340 g/mol. The van der Waals surface area contributed by atoms with Crippen LogP contribution in [0, 0.1) is 28.6 Å². The maximum absolute atomic E-state index is 11.4. The first-order valence-electron chi connectivity index (χ1n) is 10.9. The molecule has 4 nitrogen and oxygen atoms in total. The Morgan fingerprint density at radius 3 is 2.70 bits per heavy atom. The largest absolute Gasteiger partial charge is 0.393 e. The monoisotopic (exact) mass is 374 g/mol. The summed E-state index contributed by atoms with van der Waals surface area (Å²) in [7, 11) is 0. The molecule has 3 saturated carbocycles. The molecule has 4 aliphatic carbocycles. The molecule has 0 bridgehead atoms. The highest BCUT2D eigenvalue weighted by atomic mass is 16.7. The van der Waals surface area contributed by atoms with E-state index >= 15 is 0 Å². The van der Waals surface area contributed by atoms with E-state index in [1.807, 2.05) is 6.08 Å². The summed E-state index contributed by atoms with van der Waals surface area (Å²) >= 11 is 0. The SMILES string of the molecule is C[C@]12CCC3(CC1=CC[C@@H]1[C@@H]2[C@@H](O)C[C@]2(C)/C(=C\CO)CC[C@@H]12)OCCO3. The molecule has 0 aromatic carbocycles. The topological polar surface area (TPSA) is 58.9 Å². The van der Waals surface area contributed by atoms with Gasteiger partial charge in [-0.1, -0.05) is 37.1 Å². The zero-order valence-corrected chi connectivity index (χ0v) is 16.7. The molecule has 1 heterocycles. The maximum Gasteiger partial charge on any atom is 0.172 e. The van der Waals surface area contributed by atoms with E-state index in [-0.39, 0.29) is 23.5 Å². The Morgan fingerprint density at radius 2 is 1.96 bits per heavy atom. The van der Waals surface area contributed by atoms with Crippen molar-refractivity contribution < 1.29 is 19.7 Å². The zero-order chi connectivity index (χ0) is 18.9. The van der Waals surface area contributed by atoms with E-state index in [0.717, 1.165) is 38.5 Å². The highest BCUT2D eigenvalue weighted by Gasteiger charge is 2.61. The first kappa shape index (κ1) is 18.4. The van der Waals surface area contributed by atoms with E-state index in [4.69, 9.17) is 9.47 Å². The molecule has 0 radical (unpaired) electrons. The molecule has 1 saturated heterocycles. The molecule has 0 amide bonds. The minimum absolute atomic E-state index is 0.0541. The fourth-order valence-electron chi connectivity index (χ4n) is 7.77. The number of rotatable bonds is 1.